The summed E-state index contributed by atoms with van der Waals surface area (Å²) in [5.41, 5.74) is 7.74. The van der Waals surface area contributed by atoms with Crippen LogP contribution in [0.3, 0.4) is 0 Å². The number of hydrogen-bond acceptors (Lipinski definition) is 4. The largest absolute Gasteiger partial charge is 0.454 e. The van der Waals surface area contributed by atoms with Gasteiger partial charge < -0.3 is 14.8 Å². The summed E-state index contributed by atoms with van der Waals surface area (Å²) in [6, 6.07) is 12.7. The van der Waals surface area contributed by atoms with Crippen LogP contribution in [0.25, 0.3) is 0 Å². The molecule has 1 aliphatic carbocycles. The molecule has 2 aliphatic rings. The summed E-state index contributed by atoms with van der Waals surface area (Å²) < 4.78 is 10.5. The van der Waals surface area contributed by atoms with E-state index in [1.807, 2.05) is 31.2 Å². The number of ether oxygens (including phenoxy) is 2. The Balaban J connectivity index is 1.26. The number of benzene rings is 2. The molecule has 4 rings (SSSR count). The van der Waals surface area contributed by atoms with Crippen LogP contribution in [-0.4, -0.2) is 18.7 Å². The lowest BCUT2D eigenvalue weighted by molar-refractivity contribution is -0.123. The number of aryl methyl sites for hydroxylation is 1. The predicted octanol–water partition coefficient (Wildman–Crippen LogP) is 2.68. The average Bonchev–Trinajstić information content (AvgIpc) is 3.30. The Labute approximate surface area is 150 Å². The lowest BCUT2D eigenvalue weighted by Gasteiger charge is -2.09. The fraction of sp³-hybridized carbons (Fsp3) is 0.263. The van der Waals surface area contributed by atoms with Gasteiger partial charge in [0.15, 0.2) is 11.5 Å². The van der Waals surface area contributed by atoms with Gasteiger partial charge in [0, 0.05) is 17.7 Å². The second kappa shape index (κ2) is 6.59. The van der Waals surface area contributed by atoms with Crippen molar-refractivity contribution in [1.29, 1.82) is 0 Å². The molecule has 1 fully saturated rings. The molecule has 0 radical (unpaired) electrons. The highest BCUT2D eigenvalue weighted by Crippen LogP contribution is 2.47. The van der Waals surface area contributed by atoms with Gasteiger partial charge in [-0.3, -0.25) is 10.2 Å². The van der Waals surface area contributed by atoms with Gasteiger partial charge in [-0.25, -0.2) is 10.2 Å². The third-order valence-electron chi connectivity index (χ3n) is 4.56. The summed E-state index contributed by atoms with van der Waals surface area (Å²) in [4.78, 5) is 24.1. The zero-order chi connectivity index (χ0) is 18.1. The van der Waals surface area contributed by atoms with Crippen molar-refractivity contribution in [1.82, 2.24) is 10.9 Å². The number of urea groups is 1. The highest BCUT2D eigenvalue weighted by molar-refractivity contribution is 5.92. The van der Waals surface area contributed by atoms with Gasteiger partial charge in [-0.05, 0) is 37.0 Å². The second-order valence-corrected chi connectivity index (χ2v) is 6.50. The molecule has 0 aromatic heterocycles. The molecule has 1 aliphatic heterocycles. The van der Waals surface area contributed by atoms with Gasteiger partial charge >= 0.3 is 6.03 Å². The molecular formula is C19H19N3O4. The van der Waals surface area contributed by atoms with Crippen LogP contribution in [0.2, 0.25) is 0 Å². The molecule has 3 N–H and O–H groups in total. The molecule has 0 spiro atoms. The number of carbonyl (C=O) groups excluding carboxylic acids is 2. The van der Waals surface area contributed by atoms with Gasteiger partial charge in [-0.15, -0.1) is 0 Å². The van der Waals surface area contributed by atoms with Crippen LogP contribution in [0.4, 0.5) is 10.5 Å². The zero-order valence-corrected chi connectivity index (χ0v) is 14.2. The van der Waals surface area contributed by atoms with Crippen molar-refractivity contribution in [3.8, 4) is 11.5 Å². The third kappa shape index (κ3) is 3.42. The Morgan fingerprint density at radius 3 is 2.58 bits per heavy atom. The van der Waals surface area contributed by atoms with Crippen LogP contribution in [0, 0.1) is 12.8 Å². The Kier molecular flexibility index (Phi) is 4.12. The molecule has 0 saturated heterocycles. The monoisotopic (exact) mass is 353 g/mol. The van der Waals surface area contributed by atoms with Crippen LogP contribution < -0.4 is 25.6 Å². The molecule has 0 unspecified atom stereocenters. The standard InChI is InChI=1S/C19H19N3O4/c1-11-2-4-12(5-3-11)14-9-15(14)18(23)21-22-19(24)20-13-6-7-16-17(8-13)26-10-25-16/h2-8,14-15H,9-10H2,1H3,(H,21,23)(H2,20,22,24)/t14-,15-/m1/s1. The van der Waals surface area contributed by atoms with Crippen molar-refractivity contribution in [2.75, 3.05) is 12.1 Å². The van der Waals surface area contributed by atoms with Crippen LogP contribution >= 0.6 is 0 Å². The van der Waals surface area contributed by atoms with Crippen molar-refractivity contribution in [3.63, 3.8) is 0 Å². The van der Waals surface area contributed by atoms with Crippen molar-refractivity contribution < 1.29 is 19.1 Å². The van der Waals surface area contributed by atoms with E-state index in [0.29, 0.717) is 17.2 Å². The average molecular weight is 353 g/mol. The molecule has 7 heteroatoms. The molecule has 2 atom stereocenters. The first-order valence-electron chi connectivity index (χ1n) is 8.43. The first kappa shape index (κ1) is 16.3. The molecule has 134 valence electrons. The second-order valence-electron chi connectivity index (χ2n) is 6.50. The fourth-order valence-corrected chi connectivity index (χ4v) is 3.01. The molecule has 1 heterocycles. The zero-order valence-electron chi connectivity index (χ0n) is 14.2. The minimum Gasteiger partial charge on any atom is -0.454 e. The van der Waals surface area contributed by atoms with Crippen LogP contribution in [0.15, 0.2) is 42.5 Å². The van der Waals surface area contributed by atoms with E-state index in [1.165, 1.54) is 5.56 Å². The van der Waals surface area contributed by atoms with E-state index in [0.717, 1.165) is 12.0 Å². The summed E-state index contributed by atoms with van der Waals surface area (Å²) in [6.45, 7) is 2.20. The molecule has 1 saturated carbocycles. The Hall–Kier alpha value is -3.22. The normalized spacial score (nSPS) is 19.6. The van der Waals surface area contributed by atoms with E-state index in [9.17, 15) is 9.59 Å². The number of hydrogen-bond donors (Lipinski definition) is 3. The van der Waals surface area contributed by atoms with E-state index < -0.39 is 6.03 Å². The number of fused-ring (bicyclic) bond motifs is 1. The SMILES string of the molecule is Cc1ccc([C@H]2C[C@H]2C(=O)NNC(=O)Nc2ccc3c(c2)OCO3)cc1. The minimum absolute atomic E-state index is 0.108. The van der Waals surface area contributed by atoms with E-state index in [2.05, 4.69) is 16.2 Å². The molecular weight excluding hydrogens is 334 g/mol. The molecule has 26 heavy (non-hydrogen) atoms. The van der Waals surface area contributed by atoms with Gasteiger partial charge in [-0.1, -0.05) is 29.8 Å². The summed E-state index contributed by atoms with van der Waals surface area (Å²) in [5.74, 6) is 1.14. The number of carbonyl (C=O) groups is 2. The molecule has 3 amide bonds. The van der Waals surface area contributed by atoms with E-state index in [1.54, 1.807) is 18.2 Å². The number of nitrogens with one attached hydrogen (secondary N) is 3. The number of amides is 3. The van der Waals surface area contributed by atoms with Crippen LogP contribution in [0.5, 0.6) is 11.5 Å². The highest BCUT2D eigenvalue weighted by atomic mass is 16.7. The Morgan fingerprint density at radius 1 is 1.00 bits per heavy atom. The lowest BCUT2D eigenvalue weighted by atomic mass is 10.1. The third-order valence-corrected chi connectivity index (χ3v) is 4.56. The van der Waals surface area contributed by atoms with Gasteiger partial charge in [-0.2, -0.15) is 0 Å². The Bertz CT molecular complexity index is 850. The smallest absolute Gasteiger partial charge is 0.337 e. The molecule has 7 nitrogen and oxygen atoms in total. The van der Waals surface area contributed by atoms with E-state index in [4.69, 9.17) is 9.47 Å². The van der Waals surface area contributed by atoms with Crippen LogP contribution in [-0.2, 0) is 4.79 Å². The summed E-state index contributed by atoms with van der Waals surface area (Å²) in [5, 5.41) is 2.64. The first-order valence-corrected chi connectivity index (χ1v) is 8.43. The van der Waals surface area contributed by atoms with Crippen molar-refractivity contribution in [3.05, 3.63) is 53.6 Å². The summed E-state index contributed by atoms with van der Waals surface area (Å²) in [6.07, 6.45) is 0.792. The van der Waals surface area contributed by atoms with E-state index in [-0.39, 0.29) is 24.5 Å². The number of rotatable bonds is 3. The summed E-state index contributed by atoms with van der Waals surface area (Å²) >= 11 is 0. The summed E-state index contributed by atoms with van der Waals surface area (Å²) in [7, 11) is 0. The molecule has 0 bridgehead atoms. The maximum atomic E-state index is 12.2. The molecule has 2 aromatic carbocycles. The fourth-order valence-electron chi connectivity index (χ4n) is 3.01. The van der Waals surface area contributed by atoms with Crippen LogP contribution in [0.1, 0.15) is 23.5 Å². The number of anilines is 1. The molecule has 2 aromatic rings. The highest BCUT2D eigenvalue weighted by Gasteiger charge is 2.44. The maximum absolute atomic E-state index is 12.2. The van der Waals surface area contributed by atoms with Gasteiger partial charge in [0.2, 0.25) is 12.7 Å². The quantitative estimate of drug-likeness (QED) is 0.740. The predicted molar refractivity (Wildman–Crippen MR) is 94.9 cm³/mol. The first-order chi connectivity index (χ1) is 12.6. The van der Waals surface area contributed by atoms with Crippen molar-refractivity contribution in [2.45, 2.75) is 19.3 Å². The van der Waals surface area contributed by atoms with Crippen molar-refractivity contribution in [2.24, 2.45) is 5.92 Å². The van der Waals surface area contributed by atoms with Gasteiger partial charge in [0.25, 0.3) is 0 Å². The lowest BCUT2D eigenvalue weighted by Crippen LogP contribution is -2.44. The van der Waals surface area contributed by atoms with E-state index >= 15 is 0 Å². The topological polar surface area (TPSA) is 88.7 Å². The Morgan fingerprint density at radius 2 is 1.77 bits per heavy atom. The van der Waals surface area contributed by atoms with Gasteiger partial charge in [0.1, 0.15) is 0 Å². The van der Waals surface area contributed by atoms with Gasteiger partial charge in [0.05, 0.1) is 0 Å². The maximum Gasteiger partial charge on any atom is 0.337 e. The number of hydrazine groups is 1. The minimum atomic E-state index is -0.523. The van der Waals surface area contributed by atoms with Crippen molar-refractivity contribution >= 4 is 17.6 Å².